The van der Waals surface area contributed by atoms with Crippen LogP contribution < -0.4 is 0 Å². The second kappa shape index (κ2) is 8.94. The lowest BCUT2D eigenvalue weighted by Gasteiger charge is -2.32. The summed E-state index contributed by atoms with van der Waals surface area (Å²) in [6.07, 6.45) is 0.684. The van der Waals surface area contributed by atoms with Gasteiger partial charge in [-0.3, -0.25) is 9.59 Å². The molecule has 148 valence electrons. The molecule has 0 aromatic carbocycles. The number of ether oxygens (including phenoxy) is 3. The van der Waals surface area contributed by atoms with Crippen molar-refractivity contribution in [1.29, 1.82) is 0 Å². The molecule has 6 atom stereocenters. The van der Waals surface area contributed by atoms with E-state index in [1.165, 1.54) is 0 Å². The molecule has 2 fully saturated rings. The number of hydrogen-bond acceptors (Lipinski definition) is 8. The van der Waals surface area contributed by atoms with E-state index in [-0.39, 0.29) is 30.9 Å². The van der Waals surface area contributed by atoms with Crippen LogP contribution in [0.25, 0.3) is 0 Å². The Morgan fingerprint density at radius 1 is 1.33 bits per heavy atom. The van der Waals surface area contributed by atoms with Gasteiger partial charge in [0.05, 0.1) is 24.7 Å². The van der Waals surface area contributed by atoms with Crippen LogP contribution in [0, 0.1) is 23.7 Å². The molecule has 0 amide bonds. The van der Waals surface area contributed by atoms with Crippen molar-refractivity contribution in [2.45, 2.75) is 32.0 Å². The molecule has 0 spiro atoms. The van der Waals surface area contributed by atoms with Crippen molar-refractivity contribution < 1.29 is 38.5 Å². The van der Waals surface area contributed by atoms with Gasteiger partial charge in [-0.1, -0.05) is 19.6 Å². The van der Waals surface area contributed by atoms with Crippen LogP contribution in [0.3, 0.4) is 0 Å². The molecule has 2 aliphatic heterocycles. The lowest BCUT2D eigenvalue weighted by Crippen LogP contribution is -2.41. The largest absolute Gasteiger partial charge is 0.465 e. The lowest BCUT2D eigenvalue weighted by atomic mass is 9.79. The summed E-state index contributed by atoms with van der Waals surface area (Å²) in [4.78, 5) is 47.8. The van der Waals surface area contributed by atoms with Crippen LogP contribution >= 0.6 is 0 Å². The molecule has 0 aliphatic carbocycles. The Bertz CT molecular complexity index is 640. The van der Waals surface area contributed by atoms with Gasteiger partial charge >= 0.3 is 17.9 Å². The highest BCUT2D eigenvalue weighted by Crippen LogP contribution is 2.38. The zero-order valence-electron chi connectivity index (χ0n) is 15.2. The van der Waals surface area contributed by atoms with Crippen LogP contribution in [0.15, 0.2) is 24.8 Å². The summed E-state index contributed by atoms with van der Waals surface area (Å²) in [7, 11) is 0. The molecule has 27 heavy (non-hydrogen) atoms. The van der Waals surface area contributed by atoms with Crippen molar-refractivity contribution >= 4 is 24.2 Å². The molecule has 8 heteroatoms. The number of carbonyl (C=O) groups is 4. The van der Waals surface area contributed by atoms with Gasteiger partial charge in [0.25, 0.3) is 0 Å². The molecule has 0 aromatic rings. The van der Waals surface area contributed by atoms with Crippen molar-refractivity contribution in [3.8, 4) is 0 Å². The lowest BCUT2D eigenvalue weighted by molar-refractivity contribution is -0.159. The fourth-order valence-electron chi connectivity index (χ4n) is 3.43. The van der Waals surface area contributed by atoms with E-state index in [9.17, 15) is 19.2 Å². The molecule has 6 unspecified atom stereocenters. The van der Waals surface area contributed by atoms with E-state index in [1.54, 1.807) is 13.0 Å². The summed E-state index contributed by atoms with van der Waals surface area (Å²) in [5, 5.41) is 9.10. The molecule has 0 saturated carbocycles. The zero-order chi connectivity index (χ0) is 20.1. The van der Waals surface area contributed by atoms with Crippen LogP contribution in [-0.4, -0.2) is 54.7 Å². The molecule has 0 bridgehead atoms. The summed E-state index contributed by atoms with van der Waals surface area (Å²) in [5.74, 6) is -4.54. The van der Waals surface area contributed by atoms with E-state index in [2.05, 4.69) is 13.2 Å². The fraction of sp³-hybridized carbons (Fsp3) is 0.579. The van der Waals surface area contributed by atoms with Crippen molar-refractivity contribution in [3.05, 3.63) is 24.8 Å². The Balaban J connectivity index is 2.37. The molecule has 2 rings (SSSR count). The smallest absolute Gasteiger partial charge is 0.336 e. The highest BCUT2D eigenvalue weighted by Gasteiger charge is 2.49. The van der Waals surface area contributed by atoms with E-state index in [1.807, 2.05) is 0 Å². The number of hydrogen-bond donors (Lipinski definition) is 1. The monoisotopic (exact) mass is 380 g/mol. The van der Waals surface area contributed by atoms with Crippen LogP contribution in [-0.2, 0) is 33.4 Å². The predicted octanol–water partition coefficient (Wildman–Crippen LogP) is 0.579. The maximum Gasteiger partial charge on any atom is 0.336 e. The Morgan fingerprint density at radius 3 is 2.63 bits per heavy atom. The van der Waals surface area contributed by atoms with E-state index in [0.717, 1.165) is 0 Å². The first-order chi connectivity index (χ1) is 12.8. The molecule has 0 aromatic heterocycles. The molecular formula is C19H24O8. The van der Waals surface area contributed by atoms with Crippen LogP contribution in [0.5, 0.6) is 0 Å². The second-order valence-electron chi connectivity index (χ2n) is 6.89. The van der Waals surface area contributed by atoms with E-state index < -0.39 is 54.5 Å². The van der Waals surface area contributed by atoms with E-state index >= 15 is 0 Å². The topological polar surface area (TPSA) is 116 Å². The van der Waals surface area contributed by atoms with Gasteiger partial charge in [0, 0.05) is 18.3 Å². The van der Waals surface area contributed by atoms with Crippen LogP contribution in [0.1, 0.15) is 19.8 Å². The van der Waals surface area contributed by atoms with Gasteiger partial charge in [-0.25, -0.2) is 4.79 Å². The van der Waals surface area contributed by atoms with Crippen molar-refractivity contribution in [2.75, 3.05) is 13.2 Å². The molecule has 8 nitrogen and oxygen atoms in total. The van der Waals surface area contributed by atoms with Gasteiger partial charge in [0.1, 0.15) is 24.4 Å². The Hall–Kier alpha value is -2.48. The first-order valence-electron chi connectivity index (χ1n) is 8.76. The molecule has 2 aliphatic rings. The number of cyclic esters (lactones) is 1. The average molecular weight is 380 g/mol. The summed E-state index contributed by atoms with van der Waals surface area (Å²) < 4.78 is 16.1. The minimum absolute atomic E-state index is 0.0256. The third kappa shape index (κ3) is 4.63. The van der Waals surface area contributed by atoms with Gasteiger partial charge in [-0.15, -0.1) is 6.58 Å². The first kappa shape index (κ1) is 20.8. The second-order valence-corrected chi connectivity index (χ2v) is 6.89. The summed E-state index contributed by atoms with van der Waals surface area (Å²) in [5.41, 5.74) is -0.117. The molecule has 0 radical (unpaired) electrons. The minimum atomic E-state index is -1.08. The van der Waals surface area contributed by atoms with E-state index in [0.29, 0.717) is 6.29 Å². The van der Waals surface area contributed by atoms with Crippen molar-refractivity contribution in [2.24, 2.45) is 23.7 Å². The molecule has 2 saturated heterocycles. The standard InChI is InChI=1S/C19H24O8/c1-4-12-5-14(26-17(22)10(2)7-20)16-11(3)18(23)27-15(16)6-13(8-21)19(24)25-9-12/h4,8,11-16,20H,1-2,5-7,9H2,3H3. The SMILES string of the molecule is C=CC1COC(=O)C(C=O)CC2OC(=O)C(C)C2C(OC(=O)C(=C)CO)C1. The quantitative estimate of drug-likeness (QED) is 0.184. The summed E-state index contributed by atoms with van der Waals surface area (Å²) in [6.45, 7) is 8.22. The number of aliphatic hydroxyl groups is 1. The third-order valence-electron chi connectivity index (χ3n) is 5.07. The first-order valence-corrected chi connectivity index (χ1v) is 8.76. The molecule has 2 heterocycles. The summed E-state index contributed by atoms with van der Waals surface area (Å²) >= 11 is 0. The van der Waals surface area contributed by atoms with E-state index in [4.69, 9.17) is 19.3 Å². The predicted molar refractivity (Wildman–Crippen MR) is 92.1 cm³/mol. The van der Waals surface area contributed by atoms with Gasteiger partial charge in [-0.2, -0.15) is 0 Å². The number of aldehydes is 1. The third-order valence-corrected chi connectivity index (χ3v) is 5.07. The zero-order valence-corrected chi connectivity index (χ0v) is 15.2. The van der Waals surface area contributed by atoms with Crippen LogP contribution in [0.4, 0.5) is 0 Å². The molecule has 1 N–H and O–H groups in total. The fourth-order valence-corrected chi connectivity index (χ4v) is 3.43. The van der Waals surface area contributed by atoms with Gasteiger partial charge in [0.15, 0.2) is 0 Å². The van der Waals surface area contributed by atoms with Gasteiger partial charge in [-0.05, 0) is 6.42 Å². The van der Waals surface area contributed by atoms with Gasteiger partial charge < -0.3 is 24.1 Å². The van der Waals surface area contributed by atoms with Crippen molar-refractivity contribution in [1.82, 2.24) is 0 Å². The number of fused-ring (bicyclic) bond motifs is 1. The highest BCUT2D eigenvalue weighted by atomic mass is 16.6. The number of rotatable bonds is 5. The number of aliphatic hydroxyl groups excluding tert-OH is 1. The maximum absolute atomic E-state index is 12.2. The van der Waals surface area contributed by atoms with Crippen LogP contribution in [0.2, 0.25) is 0 Å². The molecular weight excluding hydrogens is 356 g/mol. The Morgan fingerprint density at radius 2 is 2.04 bits per heavy atom. The maximum atomic E-state index is 12.2. The van der Waals surface area contributed by atoms with Gasteiger partial charge in [0.2, 0.25) is 0 Å². The number of esters is 3. The minimum Gasteiger partial charge on any atom is -0.465 e. The number of carbonyl (C=O) groups excluding carboxylic acids is 4. The van der Waals surface area contributed by atoms with Crippen molar-refractivity contribution in [3.63, 3.8) is 0 Å². The Kier molecular flexibility index (Phi) is 6.90. The highest BCUT2D eigenvalue weighted by molar-refractivity contribution is 5.88. The summed E-state index contributed by atoms with van der Waals surface area (Å²) in [6, 6.07) is 0. The average Bonchev–Trinajstić information content (AvgIpc) is 2.94. The Labute approximate surface area is 157 Å². The normalized spacial score (nSPS) is 33.9.